The van der Waals surface area contributed by atoms with Gasteiger partial charge in [-0.2, -0.15) is 0 Å². The van der Waals surface area contributed by atoms with Crippen LogP contribution in [0.25, 0.3) is 0 Å². The van der Waals surface area contributed by atoms with Gasteiger partial charge >= 0.3 is 85.6 Å². The zero-order chi connectivity index (χ0) is 10.7. The van der Waals surface area contributed by atoms with Gasteiger partial charge in [0.05, 0.1) is 0 Å². The summed E-state index contributed by atoms with van der Waals surface area (Å²) in [4.78, 5) is 20.5. The number of rotatable bonds is 3. The van der Waals surface area contributed by atoms with E-state index in [4.69, 9.17) is 5.11 Å². The van der Waals surface area contributed by atoms with Gasteiger partial charge in [-0.1, -0.05) is 0 Å². The van der Waals surface area contributed by atoms with Crippen molar-refractivity contribution in [3.05, 3.63) is 33.9 Å². The molecule has 1 aromatic carbocycles. The quantitative estimate of drug-likeness (QED) is 0.492. The van der Waals surface area contributed by atoms with Crippen LogP contribution in [0.3, 0.4) is 0 Å². The van der Waals surface area contributed by atoms with Gasteiger partial charge in [-0.05, 0) is 0 Å². The molecule has 0 saturated carbocycles. The van der Waals surface area contributed by atoms with Crippen molar-refractivity contribution >= 4 is 31.1 Å². The van der Waals surface area contributed by atoms with Crippen LogP contribution in [-0.4, -0.2) is 31.0 Å². The summed E-state index contributed by atoms with van der Waals surface area (Å²) in [5.74, 6) is 0.744. The minimum absolute atomic E-state index is 0.0167. The van der Waals surface area contributed by atoms with Crippen LogP contribution in [0.2, 0.25) is 5.82 Å². The normalized spacial score (nSPS) is 9.79. The molecular formula is C8H7NO4Se. The van der Waals surface area contributed by atoms with Crippen LogP contribution in [0.1, 0.15) is 10.4 Å². The average Bonchev–Trinajstić information content (AvgIpc) is 2.16. The van der Waals surface area contributed by atoms with Crippen LogP contribution in [-0.2, 0) is 0 Å². The summed E-state index contributed by atoms with van der Waals surface area (Å²) in [5, 5.41) is 19.2. The van der Waals surface area contributed by atoms with E-state index in [2.05, 4.69) is 0 Å². The van der Waals surface area contributed by atoms with Crippen molar-refractivity contribution in [3.8, 4) is 0 Å². The minimum atomic E-state index is -1.12. The third-order valence-electron chi connectivity index (χ3n) is 1.62. The number of carbonyl (C=O) groups is 1. The molecule has 1 aromatic rings. The van der Waals surface area contributed by atoms with Crippen molar-refractivity contribution in [2.24, 2.45) is 0 Å². The molecular weight excluding hydrogens is 253 g/mol. The number of non-ortho nitro benzene ring substituents is 1. The van der Waals surface area contributed by atoms with Crippen LogP contribution in [0.15, 0.2) is 18.2 Å². The fourth-order valence-electron chi connectivity index (χ4n) is 0.977. The zero-order valence-electron chi connectivity index (χ0n) is 7.26. The maximum atomic E-state index is 10.7. The second-order valence-corrected chi connectivity index (χ2v) is 4.23. The predicted molar refractivity (Wildman–Crippen MR) is 51.3 cm³/mol. The first kappa shape index (κ1) is 10.7. The molecule has 0 aliphatic heterocycles. The summed E-state index contributed by atoms with van der Waals surface area (Å²) in [6.45, 7) is 0. The van der Waals surface area contributed by atoms with E-state index in [1.165, 1.54) is 12.1 Å². The number of aromatic carboxylic acids is 1. The van der Waals surface area contributed by atoms with E-state index in [1.54, 1.807) is 0 Å². The Labute approximate surface area is 86.1 Å². The molecule has 0 atom stereocenters. The van der Waals surface area contributed by atoms with E-state index in [1.807, 2.05) is 5.82 Å². The number of nitrogens with zero attached hydrogens (tertiary/aromatic N) is 1. The fourth-order valence-corrected chi connectivity index (χ4v) is 2.17. The zero-order valence-corrected chi connectivity index (χ0v) is 8.97. The molecule has 1 rings (SSSR count). The van der Waals surface area contributed by atoms with E-state index >= 15 is 0 Å². The molecule has 0 spiro atoms. The van der Waals surface area contributed by atoms with Crippen molar-refractivity contribution < 1.29 is 14.8 Å². The molecule has 0 aliphatic rings. The van der Waals surface area contributed by atoms with Crippen LogP contribution in [0, 0.1) is 10.1 Å². The second-order valence-electron chi connectivity index (χ2n) is 2.45. The SMILES string of the molecule is C[Se]c1ccc([N+](=O)[O-])cc1C(=O)O. The van der Waals surface area contributed by atoms with Gasteiger partial charge in [0.25, 0.3) is 0 Å². The van der Waals surface area contributed by atoms with E-state index in [0.29, 0.717) is 4.46 Å². The fraction of sp³-hybridized carbons (Fsp3) is 0.125. The Bertz CT molecular complexity index is 391. The number of nitro benzene ring substituents is 1. The summed E-state index contributed by atoms with van der Waals surface area (Å²) in [5.41, 5.74) is -0.155. The van der Waals surface area contributed by atoms with Crippen molar-refractivity contribution in [3.63, 3.8) is 0 Å². The molecule has 14 heavy (non-hydrogen) atoms. The molecule has 0 amide bonds. The van der Waals surface area contributed by atoms with Crippen LogP contribution in [0.5, 0.6) is 0 Å². The molecule has 74 valence electrons. The number of hydrogen-bond donors (Lipinski definition) is 1. The number of carboxylic acid groups (broad SMARTS) is 1. The van der Waals surface area contributed by atoms with Crippen molar-refractivity contribution in [1.82, 2.24) is 0 Å². The van der Waals surface area contributed by atoms with E-state index in [9.17, 15) is 14.9 Å². The van der Waals surface area contributed by atoms with Crippen molar-refractivity contribution in [1.29, 1.82) is 0 Å². The summed E-state index contributed by atoms with van der Waals surface area (Å²) in [7, 11) is 0. The Hall–Kier alpha value is -1.39. The van der Waals surface area contributed by atoms with Gasteiger partial charge in [0.15, 0.2) is 0 Å². The Balaban J connectivity index is 3.27. The molecule has 0 heterocycles. The Morgan fingerprint density at radius 1 is 1.57 bits per heavy atom. The summed E-state index contributed by atoms with van der Waals surface area (Å²) >= 11 is 0.0167. The topological polar surface area (TPSA) is 80.4 Å². The van der Waals surface area contributed by atoms with E-state index in [-0.39, 0.29) is 26.2 Å². The van der Waals surface area contributed by atoms with Crippen LogP contribution in [0.4, 0.5) is 5.69 Å². The van der Waals surface area contributed by atoms with Gasteiger partial charge in [-0.15, -0.1) is 0 Å². The van der Waals surface area contributed by atoms with E-state index < -0.39 is 10.9 Å². The number of carboxylic acids is 1. The van der Waals surface area contributed by atoms with Crippen molar-refractivity contribution in [2.75, 3.05) is 0 Å². The van der Waals surface area contributed by atoms with Gasteiger partial charge in [-0.3, -0.25) is 0 Å². The number of benzene rings is 1. The second kappa shape index (κ2) is 4.21. The maximum absolute atomic E-state index is 10.7. The Morgan fingerprint density at radius 3 is 2.64 bits per heavy atom. The molecule has 5 nitrogen and oxygen atoms in total. The molecule has 0 fully saturated rings. The number of hydrogen-bond acceptors (Lipinski definition) is 3. The Kier molecular flexibility index (Phi) is 3.22. The molecule has 0 saturated heterocycles. The first-order valence-corrected chi connectivity index (χ1v) is 6.19. The Morgan fingerprint density at radius 2 is 2.21 bits per heavy atom. The predicted octanol–water partition coefficient (Wildman–Crippen LogP) is 0.671. The molecule has 6 heteroatoms. The summed E-state index contributed by atoms with van der Waals surface area (Å²) in [6, 6.07) is 3.93. The molecule has 1 N–H and O–H groups in total. The standard InChI is InChI=1S/C8H7NO4Se/c1-14-7-3-2-5(9(12)13)4-6(7)8(10)11/h2-4H,1H3,(H,10,11). The molecule has 0 radical (unpaired) electrons. The number of nitro groups is 1. The third-order valence-corrected chi connectivity index (χ3v) is 3.29. The van der Waals surface area contributed by atoms with Crippen LogP contribution < -0.4 is 4.46 Å². The summed E-state index contributed by atoms with van der Waals surface area (Å²) < 4.78 is 0.663. The van der Waals surface area contributed by atoms with Crippen LogP contribution >= 0.6 is 0 Å². The third kappa shape index (κ3) is 2.10. The van der Waals surface area contributed by atoms with Gasteiger partial charge < -0.3 is 0 Å². The van der Waals surface area contributed by atoms with Gasteiger partial charge in [-0.25, -0.2) is 0 Å². The van der Waals surface area contributed by atoms with Gasteiger partial charge in [0, 0.05) is 0 Å². The molecule has 0 aromatic heterocycles. The van der Waals surface area contributed by atoms with Crippen molar-refractivity contribution in [2.45, 2.75) is 5.82 Å². The summed E-state index contributed by atoms with van der Waals surface area (Å²) in [6.07, 6.45) is 0. The van der Waals surface area contributed by atoms with Gasteiger partial charge in [0.1, 0.15) is 0 Å². The monoisotopic (exact) mass is 261 g/mol. The van der Waals surface area contributed by atoms with Gasteiger partial charge in [0.2, 0.25) is 0 Å². The first-order valence-electron chi connectivity index (χ1n) is 3.62. The molecule has 0 bridgehead atoms. The first-order chi connectivity index (χ1) is 6.56. The average molecular weight is 260 g/mol. The van der Waals surface area contributed by atoms with E-state index in [0.717, 1.165) is 6.07 Å². The molecule has 0 unspecified atom stereocenters. The molecule has 0 aliphatic carbocycles.